The molecule has 0 aliphatic carbocycles. The fraction of sp³-hybridized carbons (Fsp3) is 0.333. The summed E-state index contributed by atoms with van der Waals surface area (Å²) in [6.07, 6.45) is 2.28. The number of pyridine rings is 1. The molecule has 0 bridgehead atoms. The number of esters is 1. The van der Waals surface area contributed by atoms with Crippen LogP contribution in [0.3, 0.4) is 0 Å². The van der Waals surface area contributed by atoms with Crippen LogP contribution in [0.1, 0.15) is 58.4 Å². The molecule has 1 aromatic heterocycles. The molecule has 1 aromatic carbocycles. The predicted molar refractivity (Wildman–Crippen MR) is 106 cm³/mol. The first-order chi connectivity index (χ1) is 13.4. The molecule has 7 heteroatoms. The van der Waals surface area contributed by atoms with E-state index < -0.39 is 11.9 Å². The second-order valence-electron chi connectivity index (χ2n) is 6.59. The number of para-hydroxylation sites is 1. The minimum absolute atomic E-state index is 0.0789. The highest BCUT2D eigenvalue weighted by molar-refractivity contribution is 6.08. The fourth-order valence-electron chi connectivity index (χ4n) is 2.44. The topological polar surface area (TPSA) is 97.4 Å². The van der Waals surface area contributed by atoms with E-state index in [4.69, 9.17) is 4.74 Å². The zero-order valence-electron chi connectivity index (χ0n) is 16.3. The van der Waals surface area contributed by atoms with Crippen molar-refractivity contribution in [3.8, 4) is 0 Å². The first-order valence-corrected chi connectivity index (χ1v) is 9.24. The van der Waals surface area contributed by atoms with Gasteiger partial charge in [-0.15, -0.1) is 0 Å². The van der Waals surface area contributed by atoms with Crippen LogP contribution >= 0.6 is 0 Å². The van der Waals surface area contributed by atoms with E-state index in [1.807, 2.05) is 0 Å². The molecule has 0 atom stereocenters. The molecule has 28 heavy (non-hydrogen) atoms. The van der Waals surface area contributed by atoms with Crippen molar-refractivity contribution in [1.82, 2.24) is 10.3 Å². The molecule has 1 heterocycles. The lowest BCUT2D eigenvalue weighted by atomic mass is 10.1. The number of benzene rings is 1. The lowest BCUT2D eigenvalue weighted by molar-refractivity contribution is 0.0527. The Morgan fingerprint density at radius 3 is 2.57 bits per heavy atom. The summed E-state index contributed by atoms with van der Waals surface area (Å²) in [5, 5.41) is 5.48. The second-order valence-corrected chi connectivity index (χ2v) is 6.59. The number of nitrogens with one attached hydrogen (secondary N) is 2. The van der Waals surface area contributed by atoms with Gasteiger partial charge in [0.1, 0.15) is 5.69 Å². The zero-order valence-corrected chi connectivity index (χ0v) is 16.3. The average molecular weight is 383 g/mol. The van der Waals surface area contributed by atoms with Gasteiger partial charge in [-0.05, 0) is 43.5 Å². The van der Waals surface area contributed by atoms with E-state index in [0.29, 0.717) is 23.7 Å². The molecule has 2 N–H and O–H groups in total. The maximum atomic E-state index is 12.6. The molecule has 0 saturated heterocycles. The maximum absolute atomic E-state index is 12.6. The largest absolute Gasteiger partial charge is 0.462 e. The standard InChI is InChI=1S/C21H25N3O4/c1-4-28-21(27)16-7-5-6-8-17(16)24-20(26)18-13-15(10-12-22-18)19(25)23-11-9-14(2)3/h5-8,10,12-14H,4,9,11H2,1-3H3,(H,23,25)(H,24,26). The monoisotopic (exact) mass is 383 g/mol. The van der Waals surface area contributed by atoms with Gasteiger partial charge in [-0.3, -0.25) is 14.6 Å². The number of hydrogen-bond donors (Lipinski definition) is 2. The Hall–Kier alpha value is -3.22. The van der Waals surface area contributed by atoms with Gasteiger partial charge in [-0.1, -0.05) is 26.0 Å². The second kappa shape index (κ2) is 10.2. The Kier molecular flexibility index (Phi) is 7.68. The summed E-state index contributed by atoms with van der Waals surface area (Å²) in [7, 11) is 0. The minimum Gasteiger partial charge on any atom is -0.462 e. The number of rotatable bonds is 8. The van der Waals surface area contributed by atoms with Crippen molar-refractivity contribution in [2.45, 2.75) is 27.2 Å². The third-order valence-corrected chi connectivity index (χ3v) is 3.93. The highest BCUT2D eigenvalue weighted by Gasteiger charge is 2.16. The highest BCUT2D eigenvalue weighted by atomic mass is 16.5. The third kappa shape index (κ3) is 5.90. The number of hydrogen-bond acceptors (Lipinski definition) is 5. The molecular weight excluding hydrogens is 358 g/mol. The van der Waals surface area contributed by atoms with E-state index in [-0.39, 0.29) is 23.8 Å². The Labute approximate surface area is 164 Å². The molecule has 0 saturated carbocycles. The van der Waals surface area contributed by atoms with Crippen molar-refractivity contribution in [3.05, 3.63) is 59.4 Å². The van der Waals surface area contributed by atoms with Crippen molar-refractivity contribution >= 4 is 23.5 Å². The van der Waals surface area contributed by atoms with E-state index in [2.05, 4.69) is 29.5 Å². The van der Waals surface area contributed by atoms with Crippen molar-refractivity contribution in [1.29, 1.82) is 0 Å². The van der Waals surface area contributed by atoms with Gasteiger partial charge in [0.25, 0.3) is 11.8 Å². The summed E-state index contributed by atoms with van der Waals surface area (Å²) < 4.78 is 5.00. The number of carbonyl (C=O) groups excluding carboxylic acids is 3. The molecule has 0 aliphatic rings. The van der Waals surface area contributed by atoms with Gasteiger partial charge in [0.15, 0.2) is 0 Å². The molecule has 0 unspecified atom stereocenters. The van der Waals surface area contributed by atoms with Gasteiger partial charge >= 0.3 is 5.97 Å². The molecule has 2 aromatic rings. The van der Waals surface area contributed by atoms with Crippen molar-refractivity contribution < 1.29 is 19.1 Å². The van der Waals surface area contributed by atoms with E-state index in [9.17, 15) is 14.4 Å². The lowest BCUT2D eigenvalue weighted by Crippen LogP contribution is -2.26. The van der Waals surface area contributed by atoms with E-state index in [1.54, 1.807) is 37.3 Å². The molecule has 2 amide bonds. The van der Waals surface area contributed by atoms with Crippen LogP contribution in [0.5, 0.6) is 0 Å². The Morgan fingerprint density at radius 1 is 1.11 bits per heavy atom. The van der Waals surface area contributed by atoms with Crippen LogP contribution in [-0.4, -0.2) is 35.9 Å². The van der Waals surface area contributed by atoms with Crippen LogP contribution in [0.25, 0.3) is 0 Å². The normalized spacial score (nSPS) is 10.4. The molecular formula is C21H25N3O4. The van der Waals surface area contributed by atoms with Crippen molar-refractivity contribution in [3.63, 3.8) is 0 Å². The SMILES string of the molecule is CCOC(=O)c1ccccc1NC(=O)c1cc(C(=O)NCCC(C)C)ccn1. The average Bonchev–Trinajstić information content (AvgIpc) is 2.68. The van der Waals surface area contributed by atoms with Crippen molar-refractivity contribution in [2.75, 3.05) is 18.5 Å². The van der Waals surface area contributed by atoms with Crippen LogP contribution in [0, 0.1) is 5.92 Å². The molecule has 0 spiro atoms. The number of ether oxygens (including phenoxy) is 1. The third-order valence-electron chi connectivity index (χ3n) is 3.93. The summed E-state index contributed by atoms with van der Waals surface area (Å²) >= 11 is 0. The summed E-state index contributed by atoms with van der Waals surface area (Å²) in [5.74, 6) is -0.819. The van der Waals surface area contributed by atoms with Crippen LogP contribution in [0.4, 0.5) is 5.69 Å². The van der Waals surface area contributed by atoms with E-state index in [1.165, 1.54) is 12.3 Å². The van der Waals surface area contributed by atoms with Crippen LogP contribution in [0.2, 0.25) is 0 Å². The Balaban J connectivity index is 2.12. The quantitative estimate of drug-likeness (QED) is 0.682. The molecule has 2 rings (SSSR count). The van der Waals surface area contributed by atoms with Gasteiger partial charge in [0.05, 0.1) is 17.9 Å². The predicted octanol–water partition coefficient (Wildman–Crippen LogP) is 3.29. The molecule has 0 radical (unpaired) electrons. The van der Waals surface area contributed by atoms with Gasteiger partial charge < -0.3 is 15.4 Å². The highest BCUT2D eigenvalue weighted by Crippen LogP contribution is 2.17. The number of aromatic nitrogens is 1. The van der Waals surface area contributed by atoms with Gasteiger partial charge in [-0.25, -0.2) is 4.79 Å². The van der Waals surface area contributed by atoms with Gasteiger partial charge in [0.2, 0.25) is 0 Å². The number of carbonyl (C=O) groups is 3. The summed E-state index contributed by atoms with van der Waals surface area (Å²) in [6, 6.07) is 9.53. The maximum Gasteiger partial charge on any atom is 0.340 e. The van der Waals surface area contributed by atoms with Gasteiger partial charge in [-0.2, -0.15) is 0 Å². The van der Waals surface area contributed by atoms with Gasteiger partial charge in [0, 0.05) is 18.3 Å². The number of anilines is 1. The first-order valence-electron chi connectivity index (χ1n) is 9.24. The van der Waals surface area contributed by atoms with Crippen LogP contribution in [0.15, 0.2) is 42.6 Å². The molecule has 148 valence electrons. The number of nitrogens with zero attached hydrogens (tertiary/aromatic N) is 1. The Morgan fingerprint density at radius 2 is 1.86 bits per heavy atom. The summed E-state index contributed by atoms with van der Waals surface area (Å²) in [4.78, 5) is 40.9. The van der Waals surface area contributed by atoms with E-state index >= 15 is 0 Å². The van der Waals surface area contributed by atoms with E-state index in [0.717, 1.165) is 6.42 Å². The van der Waals surface area contributed by atoms with Crippen molar-refractivity contribution in [2.24, 2.45) is 5.92 Å². The molecule has 0 fully saturated rings. The lowest BCUT2D eigenvalue weighted by Gasteiger charge is -2.11. The van der Waals surface area contributed by atoms with Crippen LogP contribution in [-0.2, 0) is 4.74 Å². The molecule has 7 nitrogen and oxygen atoms in total. The first kappa shape index (κ1) is 21.1. The van der Waals surface area contributed by atoms with Crippen LogP contribution < -0.4 is 10.6 Å². The molecule has 0 aliphatic heterocycles. The smallest absolute Gasteiger partial charge is 0.340 e. The minimum atomic E-state index is -0.523. The fourth-order valence-corrected chi connectivity index (χ4v) is 2.44. The summed E-state index contributed by atoms with van der Waals surface area (Å²) in [6.45, 7) is 6.66. The zero-order chi connectivity index (χ0) is 20.5. The number of amides is 2. The Bertz CT molecular complexity index is 849. The summed E-state index contributed by atoms with van der Waals surface area (Å²) in [5.41, 5.74) is 0.998.